The molecule has 0 amide bonds. The summed E-state index contributed by atoms with van der Waals surface area (Å²) in [5.41, 5.74) is 7.44. The molecule has 0 atom stereocenters. The van der Waals surface area contributed by atoms with Crippen LogP contribution in [0.3, 0.4) is 0 Å². The van der Waals surface area contributed by atoms with Crippen molar-refractivity contribution in [3.8, 4) is 10.6 Å². The van der Waals surface area contributed by atoms with Gasteiger partial charge in [-0.2, -0.15) is 0 Å². The summed E-state index contributed by atoms with van der Waals surface area (Å²) in [7, 11) is 0. The lowest BCUT2D eigenvalue weighted by Gasteiger charge is -2.02. The molecule has 3 aromatic rings. The maximum Gasteiger partial charge on any atom is 0.336 e. The number of benzene rings is 1. The summed E-state index contributed by atoms with van der Waals surface area (Å²) < 4.78 is 5.18. The Labute approximate surface area is 106 Å². The number of hydrogen-bond acceptors (Lipinski definition) is 6. The monoisotopic (exact) mass is 259 g/mol. The smallest absolute Gasteiger partial charge is 0.336 e. The molecule has 1 aromatic carbocycles. The van der Waals surface area contributed by atoms with E-state index in [4.69, 9.17) is 10.2 Å². The van der Waals surface area contributed by atoms with Crippen molar-refractivity contribution >= 4 is 27.4 Å². The molecule has 0 bridgehead atoms. The Morgan fingerprint density at radius 1 is 1.28 bits per heavy atom. The summed E-state index contributed by atoms with van der Waals surface area (Å²) in [4.78, 5) is 11.6. The number of aryl methyl sites for hydroxylation is 1. The molecule has 5 nitrogen and oxygen atoms in total. The van der Waals surface area contributed by atoms with Crippen LogP contribution in [0.5, 0.6) is 0 Å². The Morgan fingerprint density at radius 3 is 2.83 bits per heavy atom. The highest BCUT2D eigenvalue weighted by atomic mass is 32.1. The van der Waals surface area contributed by atoms with Gasteiger partial charge in [0.15, 0.2) is 0 Å². The number of nitrogen functional groups attached to an aromatic ring is 1. The Bertz CT molecular complexity index is 791. The number of aromatic nitrogens is 2. The van der Waals surface area contributed by atoms with Crippen molar-refractivity contribution in [3.05, 3.63) is 40.2 Å². The van der Waals surface area contributed by atoms with E-state index in [1.54, 1.807) is 0 Å². The molecular weight excluding hydrogens is 250 g/mol. The lowest BCUT2D eigenvalue weighted by Crippen LogP contribution is -1.98. The van der Waals surface area contributed by atoms with Crippen molar-refractivity contribution in [2.24, 2.45) is 0 Å². The van der Waals surface area contributed by atoms with E-state index in [2.05, 4.69) is 10.2 Å². The average Bonchev–Trinajstić information content (AvgIpc) is 2.74. The number of rotatable bonds is 1. The number of hydrogen-bond donors (Lipinski definition) is 1. The lowest BCUT2D eigenvalue weighted by molar-refractivity contribution is 0.561. The van der Waals surface area contributed by atoms with Crippen LogP contribution in [0.4, 0.5) is 5.13 Å². The first-order chi connectivity index (χ1) is 8.63. The molecule has 2 aromatic heterocycles. The van der Waals surface area contributed by atoms with Crippen molar-refractivity contribution < 1.29 is 4.42 Å². The van der Waals surface area contributed by atoms with Crippen molar-refractivity contribution in [1.82, 2.24) is 10.2 Å². The highest BCUT2D eigenvalue weighted by molar-refractivity contribution is 7.18. The fourth-order valence-electron chi connectivity index (χ4n) is 1.79. The van der Waals surface area contributed by atoms with Crippen molar-refractivity contribution in [2.75, 3.05) is 5.73 Å². The van der Waals surface area contributed by atoms with Gasteiger partial charge in [0.05, 0.1) is 0 Å². The SMILES string of the molecule is Cc1ccc2c(-c3nnc(N)s3)cc(=O)oc2c1. The van der Waals surface area contributed by atoms with Gasteiger partial charge >= 0.3 is 5.63 Å². The van der Waals surface area contributed by atoms with Crippen molar-refractivity contribution in [1.29, 1.82) is 0 Å². The summed E-state index contributed by atoms with van der Waals surface area (Å²) in [6.07, 6.45) is 0. The summed E-state index contributed by atoms with van der Waals surface area (Å²) >= 11 is 1.24. The van der Waals surface area contributed by atoms with Gasteiger partial charge < -0.3 is 10.2 Å². The molecule has 6 heteroatoms. The lowest BCUT2D eigenvalue weighted by atomic mass is 10.1. The molecule has 0 saturated carbocycles. The third-order valence-corrected chi connectivity index (χ3v) is 3.36. The molecule has 90 valence electrons. The van der Waals surface area contributed by atoms with Crippen LogP contribution in [0.15, 0.2) is 33.5 Å². The highest BCUT2D eigenvalue weighted by Gasteiger charge is 2.11. The Balaban J connectivity index is 2.38. The predicted octanol–water partition coefficient (Wildman–Crippen LogP) is 2.20. The van der Waals surface area contributed by atoms with Crippen LogP contribution in [0.1, 0.15) is 5.56 Å². The van der Waals surface area contributed by atoms with E-state index in [0.717, 1.165) is 10.9 Å². The van der Waals surface area contributed by atoms with Gasteiger partial charge in [-0.05, 0) is 18.6 Å². The first-order valence-electron chi connectivity index (χ1n) is 5.27. The molecule has 0 spiro atoms. The third-order valence-electron chi connectivity index (χ3n) is 2.57. The molecule has 2 N–H and O–H groups in total. The third kappa shape index (κ3) is 1.76. The summed E-state index contributed by atoms with van der Waals surface area (Å²) in [5, 5.41) is 9.55. The van der Waals surface area contributed by atoms with E-state index >= 15 is 0 Å². The second kappa shape index (κ2) is 3.92. The van der Waals surface area contributed by atoms with Gasteiger partial charge in [-0.1, -0.05) is 23.5 Å². The van der Waals surface area contributed by atoms with E-state index < -0.39 is 5.63 Å². The topological polar surface area (TPSA) is 82.0 Å². The molecule has 0 aliphatic rings. The fraction of sp³-hybridized carbons (Fsp3) is 0.0833. The van der Waals surface area contributed by atoms with Gasteiger partial charge in [0.2, 0.25) is 5.13 Å². The standard InChI is InChI=1S/C12H9N3O2S/c1-6-2-3-7-8(11-14-15-12(13)18-11)5-10(16)17-9(7)4-6/h2-5H,1H3,(H2,13,15). The minimum atomic E-state index is -0.406. The average molecular weight is 259 g/mol. The number of fused-ring (bicyclic) bond motifs is 1. The molecule has 0 unspecified atom stereocenters. The predicted molar refractivity (Wildman–Crippen MR) is 70.5 cm³/mol. The number of anilines is 1. The summed E-state index contributed by atoms with van der Waals surface area (Å²) in [6, 6.07) is 7.10. The quantitative estimate of drug-likeness (QED) is 0.677. The zero-order chi connectivity index (χ0) is 12.7. The molecule has 0 aliphatic carbocycles. The number of nitrogens with zero attached hydrogens (tertiary/aromatic N) is 2. The van der Waals surface area contributed by atoms with Crippen molar-refractivity contribution in [2.45, 2.75) is 6.92 Å². The van der Waals surface area contributed by atoms with Crippen LogP contribution in [-0.2, 0) is 0 Å². The largest absolute Gasteiger partial charge is 0.423 e. The van der Waals surface area contributed by atoms with Crippen LogP contribution in [0.2, 0.25) is 0 Å². The number of nitrogens with two attached hydrogens (primary N) is 1. The van der Waals surface area contributed by atoms with Gasteiger partial charge in [0.1, 0.15) is 10.6 Å². The second-order valence-electron chi connectivity index (χ2n) is 3.92. The summed E-state index contributed by atoms with van der Waals surface area (Å²) in [5.74, 6) is 0. The van der Waals surface area contributed by atoms with E-state index in [9.17, 15) is 4.79 Å². The van der Waals surface area contributed by atoms with E-state index in [-0.39, 0.29) is 0 Å². The first-order valence-corrected chi connectivity index (χ1v) is 6.09. The minimum Gasteiger partial charge on any atom is -0.423 e. The Kier molecular flexibility index (Phi) is 2.38. The maximum absolute atomic E-state index is 11.6. The molecule has 2 heterocycles. The molecule has 0 radical (unpaired) electrons. The van der Waals surface area contributed by atoms with Gasteiger partial charge in [-0.3, -0.25) is 0 Å². The van der Waals surface area contributed by atoms with Crippen LogP contribution < -0.4 is 11.4 Å². The van der Waals surface area contributed by atoms with E-state index in [0.29, 0.717) is 21.3 Å². The Hall–Kier alpha value is -2.21. The molecular formula is C12H9N3O2S. The molecule has 3 rings (SSSR count). The van der Waals surface area contributed by atoms with Crippen LogP contribution in [0, 0.1) is 6.92 Å². The molecule has 18 heavy (non-hydrogen) atoms. The first kappa shape index (κ1) is 10.9. The zero-order valence-corrected chi connectivity index (χ0v) is 10.3. The second-order valence-corrected chi connectivity index (χ2v) is 4.93. The van der Waals surface area contributed by atoms with Gasteiger partial charge in [-0.25, -0.2) is 4.79 Å². The minimum absolute atomic E-state index is 0.374. The molecule has 0 fully saturated rings. The van der Waals surface area contributed by atoms with Gasteiger partial charge in [-0.15, -0.1) is 10.2 Å². The fourth-order valence-corrected chi connectivity index (χ4v) is 2.43. The summed E-state index contributed by atoms with van der Waals surface area (Å²) in [6.45, 7) is 1.94. The maximum atomic E-state index is 11.6. The van der Waals surface area contributed by atoms with Crippen molar-refractivity contribution in [3.63, 3.8) is 0 Å². The molecule has 0 aliphatic heterocycles. The van der Waals surface area contributed by atoms with Crippen LogP contribution >= 0.6 is 11.3 Å². The van der Waals surface area contributed by atoms with E-state index in [1.807, 2.05) is 25.1 Å². The molecule has 0 saturated heterocycles. The zero-order valence-electron chi connectivity index (χ0n) is 9.51. The van der Waals surface area contributed by atoms with Crippen LogP contribution in [0.25, 0.3) is 21.5 Å². The normalized spacial score (nSPS) is 10.9. The van der Waals surface area contributed by atoms with Gasteiger partial charge in [0.25, 0.3) is 0 Å². The Morgan fingerprint density at radius 2 is 2.11 bits per heavy atom. The highest BCUT2D eigenvalue weighted by Crippen LogP contribution is 2.30. The van der Waals surface area contributed by atoms with Crippen LogP contribution in [-0.4, -0.2) is 10.2 Å². The van der Waals surface area contributed by atoms with Gasteiger partial charge in [0, 0.05) is 17.0 Å². The van der Waals surface area contributed by atoms with E-state index in [1.165, 1.54) is 17.4 Å².